The molecule has 244 valence electrons. The molecule has 0 saturated heterocycles. The van der Waals surface area contributed by atoms with Gasteiger partial charge in [0.25, 0.3) is 0 Å². The van der Waals surface area contributed by atoms with Crippen molar-refractivity contribution in [3.63, 3.8) is 0 Å². The molecule has 1 aromatic heterocycles. The van der Waals surface area contributed by atoms with Gasteiger partial charge in [-0.15, -0.1) is 0 Å². The smallest absolute Gasteiger partial charge is 0.0582 e. The Labute approximate surface area is 296 Å². The zero-order valence-corrected chi connectivity index (χ0v) is 29.9. The highest BCUT2D eigenvalue weighted by molar-refractivity contribution is 6.15. The summed E-state index contributed by atoms with van der Waals surface area (Å²) in [6, 6.07) is 47.4. The minimum atomic E-state index is -0.159. The lowest BCUT2D eigenvalue weighted by Gasteiger charge is -2.42. The Morgan fingerprint density at radius 3 is 1.80 bits per heavy atom. The molecule has 2 aliphatic heterocycles. The van der Waals surface area contributed by atoms with Crippen LogP contribution in [0, 0.1) is 0 Å². The lowest BCUT2D eigenvalue weighted by molar-refractivity contribution is 0.593. The summed E-state index contributed by atoms with van der Waals surface area (Å²) in [6.45, 7) is 14.2. The van der Waals surface area contributed by atoms with Crippen LogP contribution in [0.25, 0.3) is 55.3 Å². The minimum absolute atomic E-state index is 0.150. The van der Waals surface area contributed by atoms with Crippen molar-refractivity contribution in [2.45, 2.75) is 58.3 Å². The van der Waals surface area contributed by atoms with Crippen molar-refractivity contribution in [1.29, 1.82) is 0 Å². The predicted molar refractivity (Wildman–Crippen MR) is 214 cm³/mol. The molecule has 0 fully saturated rings. The number of rotatable bonds is 6. The zero-order chi connectivity index (χ0) is 34.4. The highest BCUT2D eigenvalue weighted by Gasteiger charge is 2.43. The molecule has 3 heterocycles. The average Bonchev–Trinajstić information content (AvgIpc) is 3.47. The highest BCUT2D eigenvalue weighted by Crippen LogP contribution is 2.56. The normalized spacial score (nSPS) is 16.1. The SMILES string of the molecule is C/C(=C\C=C/C(C)c1ccccc1)c1cc2c3c(c1)c1cc(-c4cccc(-c5ccccc5)c4)cc4c1n3-c1c(cccc1C4(C)C)C2(C)C. The monoisotopic (exact) mass is 645 g/mol. The molecule has 9 rings (SSSR count). The standard InChI is InChI=1S/C49H43N/c1-31(33-18-9-7-10-19-33)16-13-17-32(2)37-27-39-40-28-38(36-23-14-22-35(26-36)34-20-11-8-12-21-34)30-44-46(40)50-45(39)43(29-37)48(3,4)41-24-15-25-42(47(41)50)49(44,5)6/h7-31H,1-6H3/b16-13-,32-17+. The van der Waals surface area contributed by atoms with E-state index < -0.39 is 0 Å². The molecule has 1 unspecified atom stereocenters. The Balaban J connectivity index is 1.29. The Kier molecular flexibility index (Phi) is 6.78. The molecule has 0 N–H and O–H groups in total. The number of aromatic nitrogens is 1. The van der Waals surface area contributed by atoms with E-state index in [-0.39, 0.29) is 10.8 Å². The quantitative estimate of drug-likeness (QED) is 0.159. The van der Waals surface area contributed by atoms with Gasteiger partial charge in [0.15, 0.2) is 0 Å². The largest absolute Gasteiger partial charge is 0.308 e. The van der Waals surface area contributed by atoms with Gasteiger partial charge in [-0.2, -0.15) is 0 Å². The molecule has 0 saturated carbocycles. The number of hydrogen-bond acceptors (Lipinski definition) is 0. The second-order valence-electron chi connectivity index (χ2n) is 15.5. The van der Waals surface area contributed by atoms with Crippen molar-refractivity contribution in [2.24, 2.45) is 0 Å². The van der Waals surface area contributed by atoms with Crippen molar-refractivity contribution in [3.05, 3.63) is 179 Å². The van der Waals surface area contributed by atoms with E-state index in [9.17, 15) is 0 Å². The van der Waals surface area contributed by atoms with Crippen LogP contribution >= 0.6 is 0 Å². The third-order valence-electron chi connectivity index (χ3n) is 11.7. The van der Waals surface area contributed by atoms with Gasteiger partial charge in [0.2, 0.25) is 0 Å². The Morgan fingerprint density at radius 1 is 0.560 bits per heavy atom. The van der Waals surface area contributed by atoms with Crippen molar-refractivity contribution in [1.82, 2.24) is 4.57 Å². The van der Waals surface area contributed by atoms with E-state index >= 15 is 0 Å². The summed E-state index contributed by atoms with van der Waals surface area (Å²) in [4.78, 5) is 0. The summed E-state index contributed by atoms with van der Waals surface area (Å²) in [7, 11) is 0. The van der Waals surface area contributed by atoms with E-state index in [0.717, 1.165) is 0 Å². The third-order valence-corrected chi connectivity index (χ3v) is 11.7. The number of nitrogens with zero attached hydrogens (tertiary/aromatic N) is 1. The summed E-state index contributed by atoms with van der Waals surface area (Å²) >= 11 is 0. The maximum atomic E-state index is 2.63. The van der Waals surface area contributed by atoms with Crippen molar-refractivity contribution >= 4 is 27.4 Å². The van der Waals surface area contributed by atoms with Gasteiger partial charge in [-0.3, -0.25) is 0 Å². The van der Waals surface area contributed by atoms with Gasteiger partial charge in [0.05, 0.1) is 16.7 Å². The van der Waals surface area contributed by atoms with Gasteiger partial charge in [0.1, 0.15) is 0 Å². The summed E-state index contributed by atoms with van der Waals surface area (Å²) in [5.74, 6) is 0.355. The molecule has 0 bridgehead atoms. The van der Waals surface area contributed by atoms with E-state index in [2.05, 4.69) is 192 Å². The van der Waals surface area contributed by atoms with E-state index in [4.69, 9.17) is 0 Å². The molecule has 0 radical (unpaired) electrons. The van der Waals surface area contributed by atoms with Crippen molar-refractivity contribution in [3.8, 4) is 27.9 Å². The Bertz CT molecular complexity index is 2540. The second-order valence-corrected chi connectivity index (χ2v) is 15.5. The first kappa shape index (κ1) is 30.6. The van der Waals surface area contributed by atoms with Gasteiger partial charge >= 0.3 is 0 Å². The number of benzene rings is 6. The first-order chi connectivity index (χ1) is 24.1. The molecule has 1 atom stereocenters. The molecular weight excluding hydrogens is 603 g/mol. The molecule has 0 aliphatic carbocycles. The maximum absolute atomic E-state index is 2.63. The first-order valence-corrected chi connectivity index (χ1v) is 18.0. The van der Waals surface area contributed by atoms with Crippen LogP contribution in [0.2, 0.25) is 0 Å². The molecule has 0 spiro atoms. The summed E-state index contributed by atoms with van der Waals surface area (Å²) in [5.41, 5.74) is 18.3. The minimum Gasteiger partial charge on any atom is -0.308 e. The van der Waals surface area contributed by atoms with Gasteiger partial charge < -0.3 is 4.57 Å². The third kappa shape index (κ3) is 4.46. The van der Waals surface area contributed by atoms with Crippen molar-refractivity contribution in [2.75, 3.05) is 0 Å². The van der Waals surface area contributed by atoms with Gasteiger partial charge in [-0.05, 0) is 104 Å². The van der Waals surface area contributed by atoms with E-state index in [0.29, 0.717) is 5.92 Å². The number of fused-ring (bicyclic) bond motifs is 1. The highest BCUT2D eigenvalue weighted by atomic mass is 15.0. The fourth-order valence-electron chi connectivity index (χ4n) is 8.77. The summed E-state index contributed by atoms with van der Waals surface area (Å²) in [5, 5.41) is 2.68. The fraction of sp³-hybridized carbons (Fsp3) is 0.184. The number of hydrogen-bond donors (Lipinski definition) is 0. The maximum Gasteiger partial charge on any atom is 0.0582 e. The van der Waals surface area contributed by atoms with Crippen LogP contribution in [-0.4, -0.2) is 4.57 Å². The number of para-hydroxylation sites is 1. The lowest BCUT2D eigenvalue weighted by Crippen LogP contribution is -2.33. The van der Waals surface area contributed by atoms with Crippen LogP contribution in [0.3, 0.4) is 0 Å². The van der Waals surface area contributed by atoms with E-state index in [1.807, 2.05) is 0 Å². The van der Waals surface area contributed by atoms with Gasteiger partial charge in [-0.1, -0.05) is 150 Å². The van der Waals surface area contributed by atoms with E-state index in [1.54, 1.807) is 0 Å². The second kappa shape index (κ2) is 11.1. The molecule has 0 amide bonds. The Hall–Kier alpha value is -5.40. The first-order valence-electron chi connectivity index (χ1n) is 18.0. The lowest BCUT2D eigenvalue weighted by atomic mass is 9.68. The molecule has 2 aliphatic rings. The van der Waals surface area contributed by atoms with Crippen LogP contribution < -0.4 is 0 Å². The van der Waals surface area contributed by atoms with Crippen LogP contribution in [0.1, 0.15) is 80.8 Å². The molecule has 1 heteroatoms. The molecule has 50 heavy (non-hydrogen) atoms. The summed E-state index contributed by atoms with van der Waals surface area (Å²) < 4.78 is 2.63. The Morgan fingerprint density at radius 2 is 1.12 bits per heavy atom. The van der Waals surface area contributed by atoms with Crippen LogP contribution in [0.4, 0.5) is 0 Å². The van der Waals surface area contributed by atoms with Crippen LogP contribution in [-0.2, 0) is 10.8 Å². The van der Waals surface area contributed by atoms with Crippen molar-refractivity contribution < 1.29 is 0 Å². The molecule has 6 aromatic carbocycles. The molecule has 7 aromatic rings. The number of allylic oxidation sites excluding steroid dienone is 4. The average molecular weight is 646 g/mol. The zero-order valence-electron chi connectivity index (χ0n) is 29.9. The van der Waals surface area contributed by atoms with E-state index in [1.165, 1.54) is 88.7 Å². The molecule has 1 nitrogen and oxygen atoms in total. The summed E-state index contributed by atoms with van der Waals surface area (Å²) in [6.07, 6.45) is 6.84. The predicted octanol–water partition coefficient (Wildman–Crippen LogP) is 13.2. The van der Waals surface area contributed by atoms with Gasteiger partial charge in [-0.25, -0.2) is 0 Å². The van der Waals surface area contributed by atoms with Crippen LogP contribution in [0.5, 0.6) is 0 Å². The van der Waals surface area contributed by atoms with Gasteiger partial charge in [0, 0.05) is 21.6 Å². The topological polar surface area (TPSA) is 4.93 Å². The fourth-order valence-corrected chi connectivity index (χ4v) is 8.77. The molecular formula is C49H43N. The van der Waals surface area contributed by atoms with Crippen LogP contribution in [0.15, 0.2) is 146 Å².